The van der Waals surface area contributed by atoms with Crippen molar-refractivity contribution in [1.82, 2.24) is 5.32 Å². The smallest absolute Gasteiger partial charge is 0.407 e. The van der Waals surface area contributed by atoms with Crippen LogP contribution in [0.25, 0.3) is 0 Å². The number of amides is 1. The molecule has 0 bridgehead atoms. The van der Waals surface area contributed by atoms with E-state index in [2.05, 4.69) is 37.4 Å². The fourth-order valence-electron chi connectivity index (χ4n) is 1.81. The van der Waals surface area contributed by atoms with Gasteiger partial charge in [-0.25, -0.2) is 4.79 Å². The first-order valence-corrected chi connectivity index (χ1v) is 6.65. The Balaban J connectivity index is 2.60. The van der Waals surface area contributed by atoms with Crippen LogP contribution in [0.3, 0.4) is 0 Å². The van der Waals surface area contributed by atoms with Crippen LogP contribution in [0.5, 0.6) is 5.75 Å². The first-order valence-electron chi connectivity index (χ1n) is 6.65. The van der Waals surface area contributed by atoms with E-state index in [0.29, 0.717) is 19.1 Å². The number of benzene rings is 1. The van der Waals surface area contributed by atoms with Gasteiger partial charge < -0.3 is 14.8 Å². The molecule has 0 saturated carbocycles. The van der Waals surface area contributed by atoms with Gasteiger partial charge in [0.1, 0.15) is 5.75 Å². The monoisotopic (exact) mass is 265 g/mol. The molecule has 0 aliphatic heterocycles. The average Bonchev–Trinajstić information content (AvgIpc) is 2.39. The molecule has 1 rings (SSSR count). The van der Waals surface area contributed by atoms with Crippen molar-refractivity contribution in [3.05, 3.63) is 29.3 Å². The Kier molecular flexibility index (Phi) is 6.19. The summed E-state index contributed by atoms with van der Waals surface area (Å²) in [5, 5.41) is 2.70. The van der Waals surface area contributed by atoms with E-state index in [9.17, 15) is 4.79 Å². The predicted octanol–water partition coefficient (Wildman–Crippen LogP) is 3.11. The summed E-state index contributed by atoms with van der Waals surface area (Å²) in [5.74, 6) is 1.34. The number of alkyl carbamates (subject to hydrolysis) is 1. The Hall–Kier alpha value is -1.71. The van der Waals surface area contributed by atoms with E-state index in [1.54, 1.807) is 14.0 Å². The molecular weight excluding hydrogens is 242 g/mol. The molecular formula is C15H23NO3. The lowest BCUT2D eigenvalue weighted by Crippen LogP contribution is -2.26. The molecule has 0 unspecified atom stereocenters. The molecule has 1 aromatic rings. The molecule has 0 saturated heterocycles. The maximum Gasteiger partial charge on any atom is 0.407 e. The summed E-state index contributed by atoms with van der Waals surface area (Å²) >= 11 is 0. The SMILES string of the molecule is CCOC(=O)NCCc1ccc(C(C)C)cc1OC. The molecule has 0 spiro atoms. The molecule has 1 aromatic carbocycles. The highest BCUT2D eigenvalue weighted by molar-refractivity contribution is 5.67. The first-order chi connectivity index (χ1) is 9.08. The van der Waals surface area contributed by atoms with Crippen molar-refractivity contribution < 1.29 is 14.3 Å². The van der Waals surface area contributed by atoms with Crippen LogP contribution in [0.1, 0.15) is 37.8 Å². The second-order valence-corrected chi connectivity index (χ2v) is 4.62. The molecule has 4 nitrogen and oxygen atoms in total. The van der Waals surface area contributed by atoms with E-state index in [1.165, 1.54) is 5.56 Å². The predicted molar refractivity (Wildman–Crippen MR) is 75.8 cm³/mol. The van der Waals surface area contributed by atoms with Crippen LogP contribution in [-0.4, -0.2) is 26.4 Å². The Morgan fingerprint density at radius 1 is 1.37 bits per heavy atom. The Morgan fingerprint density at radius 2 is 2.11 bits per heavy atom. The van der Waals surface area contributed by atoms with Gasteiger partial charge in [-0.05, 0) is 36.5 Å². The van der Waals surface area contributed by atoms with E-state index < -0.39 is 0 Å². The highest BCUT2D eigenvalue weighted by atomic mass is 16.5. The zero-order valence-electron chi connectivity index (χ0n) is 12.2. The van der Waals surface area contributed by atoms with Crippen molar-refractivity contribution in [3.8, 4) is 5.75 Å². The van der Waals surface area contributed by atoms with Crippen molar-refractivity contribution in [2.75, 3.05) is 20.3 Å². The van der Waals surface area contributed by atoms with Gasteiger partial charge in [0, 0.05) is 6.54 Å². The van der Waals surface area contributed by atoms with Gasteiger partial charge >= 0.3 is 6.09 Å². The minimum Gasteiger partial charge on any atom is -0.496 e. The summed E-state index contributed by atoms with van der Waals surface area (Å²) in [7, 11) is 1.67. The number of carbonyl (C=O) groups is 1. The van der Waals surface area contributed by atoms with Crippen molar-refractivity contribution in [2.24, 2.45) is 0 Å². The zero-order chi connectivity index (χ0) is 14.3. The minimum absolute atomic E-state index is 0.375. The third-order valence-corrected chi connectivity index (χ3v) is 2.92. The van der Waals surface area contributed by atoms with Gasteiger partial charge in [-0.1, -0.05) is 26.0 Å². The molecule has 106 valence electrons. The highest BCUT2D eigenvalue weighted by Crippen LogP contribution is 2.24. The molecule has 0 atom stereocenters. The fourth-order valence-corrected chi connectivity index (χ4v) is 1.81. The van der Waals surface area contributed by atoms with E-state index in [-0.39, 0.29) is 6.09 Å². The maximum atomic E-state index is 11.2. The lowest BCUT2D eigenvalue weighted by molar-refractivity contribution is 0.152. The number of nitrogens with one attached hydrogen (secondary N) is 1. The lowest BCUT2D eigenvalue weighted by atomic mass is 10.00. The third-order valence-electron chi connectivity index (χ3n) is 2.92. The van der Waals surface area contributed by atoms with E-state index in [4.69, 9.17) is 9.47 Å². The quantitative estimate of drug-likeness (QED) is 0.859. The molecule has 1 N–H and O–H groups in total. The van der Waals surface area contributed by atoms with Gasteiger partial charge in [0.15, 0.2) is 0 Å². The second-order valence-electron chi connectivity index (χ2n) is 4.62. The van der Waals surface area contributed by atoms with Gasteiger partial charge in [-0.3, -0.25) is 0 Å². The normalized spacial score (nSPS) is 10.4. The highest BCUT2D eigenvalue weighted by Gasteiger charge is 2.07. The summed E-state index contributed by atoms with van der Waals surface area (Å²) in [6.07, 6.45) is 0.348. The van der Waals surface area contributed by atoms with E-state index in [0.717, 1.165) is 17.7 Å². The summed E-state index contributed by atoms with van der Waals surface area (Å²) in [6, 6.07) is 6.22. The Morgan fingerprint density at radius 3 is 2.68 bits per heavy atom. The van der Waals surface area contributed by atoms with Crippen molar-refractivity contribution >= 4 is 6.09 Å². The standard InChI is InChI=1S/C15H23NO3/c1-5-19-15(17)16-9-8-12-6-7-13(11(2)3)10-14(12)18-4/h6-7,10-11H,5,8-9H2,1-4H3,(H,16,17). The zero-order valence-corrected chi connectivity index (χ0v) is 12.2. The third kappa shape index (κ3) is 4.81. The number of carbonyl (C=O) groups excluding carboxylic acids is 1. The molecule has 0 heterocycles. The lowest BCUT2D eigenvalue weighted by Gasteiger charge is -2.13. The number of hydrogen-bond acceptors (Lipinski definition) is 3. The Bertz CT molecular complexity index is 416. The Labute approximate surface area is 115 Å². The number of hydrogen-bond donors (Lipinski definition) is 1. The van der Waals surface area contributed by atoms with Gasteiger partial charge in [-0.15, -0.1) is 0 Å². The second kappa shape index (κ2) is 7.67. The molecule has 0 fully saturated rings. The summed E-state index contributed by atoms with van der Waals surface area (Å²) in [6.45, 7) is 7.01. The van der Waals surface area contributed by atoms with Crippen LogP contribution < -0.4 is 10.1 Å². The van der Waals surface area contributed by atoms with Gasteiger partial charge in [0.2, 0.25) is 0 Å². The molecule has 0 aliphatic rings. The number of methoxy groups -OCH3 is 1. The van der Waals surface area contributed by atoms with Crippen LogP contribution >= 0.6 is 0 Å². The van der Waals surface area contributed by atoms with Crippen LogP contribution in [-0.2, 0) is 11.2 Å². The van der Waals surface area contributed by atoms with Crippen LogP contribution in [0.2, 0.25) is 0 Å². The summed E-state index contributed by atoms with van der Waals surface area (Å²) in [5.41, 5.74) is 2.34. The fraction of sp³-hybridized carbons (Fsp3) is 0.533. The maximum absolute atomic E-state index is 11.2. The van der Waals surface area contributed by atoms with E-state index in [1.807, 2.05) is 0 Å². The minimum atomic E-state index is -0.375. The first kappa shape index (κ1) is 15.3. The van der Waals surface area contributed by atoms with Crippen LogP contribution in [0.15, 0.2) is 18.2 Å². The van der Waals surface area contributed by atoms with Crippen molar-refractivity contribution in [1.29, 1.82) is 0 Å². The molecule has 0 aliphatic carbocycles. The van der Waals surface area contributed by atoms with Crippen molar-refractivity contribution in [2.45, 2.75) is 33.1 Å². The van der Waals surface area contributed by atoms with Crippen LogP contribution in [0, 0.1) is 0 Å². The molecule has 4 heteroatoms. The molecule has 0 radical (unpaired) electrons. The summed E-state index contributed by atoms with van der Waals surface area (Å²) < 4.78 is 10.2. The molecule has 1 amide bonds. The number of ether oxygens (including phenoxy) is 2. The average molecular weight is 265 g/mol. The topological polar surface area (TPSA) is 47.6 Å². The number of rotatable bonds is 6. The van der Waals surface area contributed by atoms with Crippen molar-refractivity contribution in [3.63, 3.8) is 0 Å². The van der Waals surface area contributed by atoms with Gasteiger partial charge in [0.25, 0.3) is 0 Å². The van der Waals surface area contributed by atoms with Gasteiger partial charge in [-0.2, -0.15) is 0 Å². The molecule has 19 heavy (non-hydrogen) atoms. The molecule has 0 aromatic heterocycles. The summed E-state index contributed by atoms with van der Waals surface area (Å²) in [4.78, 5) is 11.2. The largest absolute Gasteiger partial charge is 0.496 e. The van der Waals surface area contributed by atoms with Crippen LogP contribution in [0.4, 0.5) is 4.79 Å². The van der Waals surface area contributed by atoms with Gasteiger partial charge in [0.05, 0.1) is 13.7 Å². The van der Waals surface area contributed by atoms with E-state index >= 15 is 0 Å².